The van der Waals surface area contributed by atoms with E-state index in [9.17, 15) is 9.70 Å². The van der Waals surface area contributed by atoms with Crippen LogP contribution in [0, 0.1) is 10.8 Å². The lowest BCUT2D eigenvalue weighted by molar-refractivity contribution is -0.118. The predicted octanol–water partition coefficient (Wildman–Crippen LogP) is 4.39. The van der Waals surface area contributed by atoms with E-state index in [-0.39, 0.29) is 18.5 Å². The lowest BCUT2D eigenvalue weighted by Crippen LogP contribution is -2.51. The number of hydrogen-bond acceptors (Lipinski definition) is 6. The second-order valence-corrected chi connectivity index (χ2v) is 9.28. The third kappa shape index (κ3) is 6.41. The summed E-state index contributed by atoms with van der Waals surface area (Å²) < 4.78 is 5.89. The van der Waals surface area contributed by atoms with Crippen LogP contribution >= 0.6 is 11.6 Å². The fourth-order valence-electron chi connectivity index (χ4n) is 4.41. The monoisotopic (exact) mass is 468 g/mol. The molecule has 3 unspecified atom stereocenters. The van der Waals surface area contributed by atoms with E-state index in [0.717, 1.165) is 48.0 Å². The number of rotatable bonds is 8. The smallest absolute Gasteiger partial charge is 0.286 e. The number of nitrogens with zero attached hydrogens (tertiary/aromatic N) is 2. The Morgan fingerprint density at radius 1 is 1.21 bits per heavy atom. The lowest BCUT2D eigenvalue weighted by atomic mass is 9.95. The molecule has 7 nitrogen and oxygen atoms in total. The molecule has 1 saturated heterocycles. The van der Waals surface area contributed by atoms with Crippen LogP contribution in [0.3, 0.4) is 0 Å². The molecule has 3 atom stereocenters. The first-order chi connectivity index (χ1) is 16.0. The molecule has 0 bridgehead atoms. The number of benzene rings is 2. The Bertz CT molecular complexity index is 994. The van der Waals surface area contributed by atoms with Crippen molar-refractivity contribution >= 4 is 17.5 Å². The van der Waals surface area contributed by atoms with E-state index in [4.69, 9.17) is 16.3 Å². The minimum atomic E-state index is -0.568. The SMILES string of the molecule is CC(CC(=O)N=O)CN1CCC2NC(c3ccc(OCc4ccc(Cl)cc4)cc3)NC=C2C1. The Balaban J connectivity index is 1.28. The van der Waals surface area contributed by atoms with Crippen LogP contribution in [-0.2, 0) is 11.4 Å². The van der Waals surface area contributed by atoms with Gasteiger partial charge in [-0.05, 0) is 59.5 Å². The van der Waals surface area contributed by atoms with E-state index in [1.165, 1.54) is 5.57 Å². The molecule has 4 rings (SSSR count). The summed E-state index contributed by atoms with van der Waals surface area (Å²) in [4.78, 5) is 23.9. The van der Waals surface area contributed by atoms with Crippen molar-refractivity contribution in [3.8, 4) is 5.75 Å². The number of hydrogen-bond donors (Lipinski definition) is 2. The molecule has 1 amide bonds. The van der Waals surface area contributed by atoms with Gasteiger partial charge in [-0.3, -0.25) is 15.0 Å². The van der Waals surface area contributed by atoms with Crippen LogP contribution in [0.4, 0.5) is 0 Å². The van der Waals surface area contributed by atoms with Gasteiger partial charge >= 0.3 is 0 Å². The van der Waals surface area contributed by atoms with E-state index >= 15 is 0 Å². The number of nitroso groups, excluding NO2 is 1. The van der Waals surface area contributed by atoms with Gasteiger partial charge in [0.15, 0.2) is 0 Å². The van der Waals surface area contributed by atoms with Crippen molar-refractivity contribution in [2.75, 3.05) is 19.6 Å². The number of piperidine rings is 1. The largest absolute Gasteiger partial charge is 0.489 e. The van der Waals surface area contributed by atoms with Gasteiger partial charge in [-0.25, -0.2) is 0 Å². The van der Waals surface area contributed by atoms with E-state index in [2.05, 4.69) is 39.0 Å². The first-order valence-electron chi connectivity index (χ1n) is 11.3. The van der Waals surface area contributed by atoms with Crippen molar-refractivity contribution in [1.82, 2.24) is 15.5 Å². The maximum atomic E-state index is 11.3. The topological polar surface area (TPSA) is 83.0 Å². The maximum absolute atomic E-state index is 11.3. The minimum absolute atomic E-state index is 0.0471. The van der Waals surface area contributed by atoms with Crippen molar-refractivity contribution < 1.29 is 9.53 Å². The zero-order chi connectivity index (χ0) is 23.2. The Hall–Kier alpha value is -2.74. The minimum Gasteiger partial charge on any atom is -0.489 e. The van der Waals surface area contributed by atoms with Crippen molar-refractivity contribution in [2.24, 2.45) is 11.1 Å². The summed E-state index contributed by atoms with van der Waals surface area (Å²) in [6.07, 6.45) is 3.37. The van der Waals surface area contributed by atoms with Crippen molar-refractivity contribution in [3.63, 3.8) is 0 Å². The molecule has 1 fully saturated rings. The fraction of sp³-hybridized carbons (Fsp3) is 0.400. The van der Waals surface area contributed by atoms with Crippen molar-refractivity contribution in [2.45, 2.75) is 38.6 Å². The number of carbonyl (C=O) groups is 1. The molecular formula is C25H29ClN4O3. The summed E-state index contributed by atoms with van der Waals surface area (Å²) in [6.45, 7) is 5.07. The standard InChI is InChI=1S/C25H29ClN4O3/c1-17(12-24(31)29-32)14-30-11-10-23-20(15-30)13-27-25(28-23)19-4-8-22(9-5-19)33-16-18-2-6-21(26)7-3-18/h2-9,13,17,23,25,27-28H,10-12,14-16H2,1H3. The molecule has 8 heteroatoms. The summed E-state index contributed by atoms with van der Waals surface area (Å²) >= 11 is 5.93. The molecular weight excluding hydrogens is 440 g/mol. The van der Waals surface area contributed by atoms with Gasteiger partial charge in [-0.2, -0.15) is 0 Å². The molecule has 2 N–H and O–H groups in total. The third-order valence-electron chi connectivity index (χ3n) is 6.12. The summed E-state index contributed by atoms with van der Waals surface area (Å²) in [5.74, 6) is 0.373. The highest BCUT2D eigenvalue weighted by Crippen LogP contribution is 2.26. The van der Waals surface area contributed by atoms with Crippen LogP contribution in [-0.4, -0.2) is 36.5 Å². The zero-order valence-electron chi connectivity index (χ0n) is 18.7. The van der Waals surface area contributed by atoms with Gasteiger partial charge in [0.1, 0.15) is 18.5 Å². The Morgan fingerprint density at radius 2 is 1.97 bits per heavy atom. The molecule has 0 aromatic heterocycles. The number of halogens is 1. The number of likely N-dealkylation sites (tertiary alicyclic amines) is 1. The molecule has 2 heterocycles. The Labute approximate surface area is 199 Å². The zero-order valence-corrected chi connectivity index (χ0v) is 19.4. The molecule has 0 saturated carbocycles. The number of carbonyl (C=O) groups excluding carboxylic acids is 1. The van der Waals surface area contributed by atoms with Crippen LogP contribution in [0.1, 0.15) is 37.1 Å². The van der Waals surface area contributed by atoms with Crippen LogP contribution in [0.25, 0.3) is 0 Å². The number of amides is 1. The fourth-order valence-corrected chi connectivity index (χ4v) is 4.54. The normalized spacial score (nSPS) is 21.3. The average molecular weight is 469 g/mol. The lowest BCUT2D eigenvalue weighted by Gasteiger charge is -2.40. The molecule has 0 radical (unpaired) electrons. The second-order valence-electron chi connectivity index (χ2n) is 8.84. The van der Waals surface area contributed by atoms with E-state index in [1.807, 2.05) is 43.3 Å². The van der Waals surface area contributed by atoms with Gasteiger partial charge < -0.3 is 10.1 Å². The van der Waals surface area contributed by atoms with Gasteiger partial charge in [0.2, 0.25) is 0 Å². The third-order valence-corrected chi connectivity index (χ3v) is 6.37. The maximum Gasteiger partial charge on any atom is 0.286 e. The average Bonchev–Trinajstić information content (AvgIpc) is 2.83. The molecule has 2 aliphatic heterocycles. The van der Waals surface area contributed by atoms with Gasteiger partial charge in [0.25, 0.3) is 5.91 Å². The van der Waals surface area contributed by atoms with Gasteiger partial charge in [0.05, 0.1) is 0 Å². The molecule has 2 aromatic rings. The molecule has 33 heavy (non-hydrogen) atoms. The Kier molecular flexibility index (Phi) is 7.75. The highest BCUT2D eigenvalue weighted by atomic mass is 35.5. The van der Waals surface area contributed by atoms with Crippen molar-refractivity contribution in [1.29, 1.82) is 0 Å². The molecule has 174 valence electrons. The molecule has 2 aromatic carbocycles. The molecule has 0 aliphatic carbocycles. The van der Waals surface area contributed by atoms with Crippen molar-refractivity contribution in [3.05, 3.63) is 81.4 Å². The highest BCUT2D eigenvalue weighted by molar-refractivity contribution is 6.30. The first-order valence-corrected chi connectivity index (χ1v) is 11.6. The highest BCUT2D eigenvalue weighted by Gasteiger charge is 2.30. The van der Waals surface area contributed by atoms with Gasteiger partial charge in [-0.15, -0.1) is 4.91 Å². The summed E-state index contributed by atoms with van der Waals surface area (Å²) in [5.41, 5.74) is 3.54. The van der Waals surface area contributed by atoms with Crippen LogP contribution in [0.2, 0.25) is 5.02 Å². The van der Waals surface area contributed by atoms with E-state index in [0.29, 0.717) is 12.6 Å². The van der Waals surface area contributed by atoms with E-state index in [1.54, 1.807) is 0 Å². The number of ether oxygens (including phenoxy) is 1. The quantitative estimate of drug-likeness (QED) is 0.559. The second kappa shape index (κ2) is 10.9. The van der Waals surface area contributed by atoms with Crippen LogP contribution in [0.15, 0.2) is 65.5 Å². The summed E-state index contributed by atoms with van der Waals surface area (Å²) in [5, 5.41) is 10.4. The van der Waals surface area contributed by atoms with Gasteiger partial charge in [-0.1, -0.05) is 42.8 Å². The Morgan fingerprint density at radius 3 is 2.70 bits per heavy atom. The van der Waals surface area contributed by atoms with Gasteiger partial charge in [0, 0.05) is 42.3 Å². The molecule has 2 aliphatic rings. The summed E-state index contributed by atoms with van der Waals surface area (Å²) in [7, 11) is 0. The first kappa shape index (κ1) is 23.4. The number of fused-ring (bicyclic) bond motifs is 1. The predicted molar refractivity (Wildman–Crippen MR) is 129 cm³/mol. The van der Waals surface area contributed by atoms with Crippen LogP contribution in [0.5, 0.6) is 5.75 Å². The summed E-state index contributed by atoms with van der Waals surface area (Å²) in [6, 6.07) is 16.1. The van der Waals surface area contributed by atoms with E-state index < -0.39 is 5.91 Å². The van der Waals surface area contributed by atoms with Crippen LogP contribution < -0.4 is 15.4 Å². The molecule has 0 spiro atoms. The number of nitrogens with one attached hydrogen (secondary N) is 2.